The first-order valence-corrected chi connectivity index (χ1v) is 8.34. The molecule has 2 rings (SSSR count). The highest BCUT2D eigenvalue weighted by atomic mass is 79.9. The molecular formula is C14H20BrClN4O2. The van der Waals surface area contributed by atoms with Crippen LogP contribution in [0.15, 0.2) is 10.8 Å². The molecule has 2 heterocycles. The standard InChI is InChI=1S/C14H20BrClN4O2/c1-14(2,3)22-13(21)18-9-5-4-6-20(8-9)12-11(16)17-7-10(15)19-12/h7,9H,4-6,8H2,1-3H3,(H,18,21)/t9-/m0/s1. The summed E-state index contributed by atoms with van der Waals surface area (Å²) >= 11 is 9.42. The van der Waals surface area contributed by atoms with Crippen LogP contribution in [0, 0.1) is 0 Å². The van der Waals surface area contributed by atoms with Crippen LogP contribution in [0.25, 0.3) is 0 Å². The molecule has 0 bridgehead atoms. The highest BCUT2D eigenvalue weighted by Gasteiger charge is 2.26. The zero-order valence-corrected chi connectivity index (χ0v) is 15.2. The Kier molecular flexibility index (Phi) is 5.50. The lowest BCUT2D eigenvalue weighted by Crippen LogP contribution is -2.49. The van der Waals surface area contributed by atoms with Gasteiger partial charge in [0.15, 0.2) is 11.0 Å². The van der Waals surface area contributed by atoms with E-state index in [-0.39, 0.29) is 6.04 Å². The molecule has 22 heavy (non-hydrogen) atoms. The van der Waals surface area contributed by atoms with Gasteiger partial charge in [-0.1, -0.05) is 11.6 Å². The number of amides is 1. The van der Waals surface area contributed by atoms with Gasteiger partial charge in [-0.15, -0.1) is 0 Å². The second-order valence-corrected chi connectivity index (χ2v) is 7.41. The van der Waals surface area contributed by atoms with Crippen molar-refractivity contribution < 1.29 is 9.53 Å². The zero-order chi connectivity index (χ0) is 16.3. The molecule has 1 atom stereocenters. The molecule has 6 nitrogen and oxygen atoms in total. The molecule has 1 N–H and O–H groups in total. The van der Waals surface area contributed by atoms with Crippen LogP contribution in [0.2, 0.25) is 5.15 Å². The normalized spacial score (nSPS) is 19.0. The smallest absolute Gasteiger partial charge is 0.407 e. The number of nitrogens with one attached hydrogen (secondary N) is 1. The molecule has 0 spiro atoms. The van der Waals surface area contributed by atoms with Crippen molar-refractivity contribution in [1.29, 1.82) is 0 Å². The van der Waals surface area contributed by atoms with Crippen molar-refractivity contribution in [3.63, 3.8) is 0 Å². The maximum absolute atomic E-state index is 11.9. The van der Waals surface area contributed by atoms with Gasteiger partial charge in [-0.25, -0.2) is 14.8 Å². The Balaban J connectivity index is 2.00. The van der Waals surface area contributed by atoms with Crippen molar-refractivity contribution in [2.45, 2.75) is 45.3 Å². The van der Waals surface area contributed by atoms with E-state index < -0.39 is 11.7 Å². The fourth-order valence-electron chi connectivity index (χ4n) is 2.31. The van der Waals surface area contributed by atoms with E-state index in [1.165, 1.54) is 0 Å². The number of alkyl carbamates (subject to hydrolysis) is 1. The Hall–Kier alpha value is -1.08. The zero-order valence-electron chi connectivity index (χ0n) is 12.9. The number of piperidine rings is 1. The van der Waals surface area contributed by atoms with E-state index >= 15 is 0 Å². The Morgan fingerprint density at radius 2 is 2.27 bits per heavy atom. The predicted molar refractivity (Wildman–Crippen MR) is 89.3 cm³/mol. The predicted octanol–water partition coefficient (Wildman–Crippen LogP) is 3.39. The van der Waals surface area contributed by atoms with E-state index in [4.69, 9.17) is 16.3 Å². The molecule has 1 fully saturated rings. The number of carbonyl (C=O) groups excluding carboxylic acids is 1. The minimum Gasteiger partial charge on any atom is -0.444 e. The minimum absolute atomic E-state index is 0.000415. The molecule has 8 heteroatoms. The Morgan fingerprint density at radius 3 is 2.95 bits per heavy atom. The lowest BCUT2D eigenvalue weighted by molar-refractivity contribution is 0.0500. The number of hydrogen-bond acceptors (Lipinski definition) is 5. The number of rotatable bonds is 2. The lowest BCUT2D eigenvalue weighted by Gasteiger charge is -2.34. The molecule has 0 radical (unpaired) electrons. The molecule has 0 aliphatic carbocycles. The van der Waals surface area contributed by atoms with Crippen LogP contribution in [-0.2, 0) is 4.74 Å². The third-order valence-corrected chi connectivity index (χ3v) is 3.77. The lowest BCUT2D eigenvalue weighted by atomic mass is 10.1. The van der Waals surface area contributed by atoms with Crippen LogP contribution >= 0.6 is 27.5 Å². The number of halogens is 2. The van der Waals surface area contributed by atoms with Crippen molar-refractivity contribution in [3.8, 4) is 0 Å². The van der Waals surface area contributed by atoms with Crippen LogP contribution in [0.3, 0.4) is 0 Å². The Bertz CT molecular complexity index is 550. The summed E-state index contributed by atoms with van der Waals surface area (Å²) in [4.78, 5) is 22.4. The van der Waals surface area contributed by atoms with E-state index in [1.54, 1.807) is 6.20 Å². The largest absolute Gasteiger partial charge is 0.444 e. The van der Waals surface area contributed by atoms with Gasteiger partial charge in [-0.2, -0.15) is 0 Å². The first kappa shape index (κ1) is 17.3. The summed E-state index contributed by atoms with van der Waals surface area (Å²) in [5, 5.41) is 3.27. The first-order valence-electron chi connectivity index (χ1n) is 7.17. The molecular weight excluding hydrogens is 372 g/mol. The third kappa shape index (κ3) is 4.98. The summed E-state index contributed by atoms with van der Waals surface area (Å²) in [6, 6.07) is 0.000415. The van der Waals surface area contributed by atoms with Crippen molar-refractivity contribution in [1.82, 2.24) is 15.3 Å². The number of anilines is 1. The molecule has 0 aromatic carbocycles. The van der Waals surface area contributed by atoms with E-state index in [0.29, 0.717) is 22.1 Å². The summed E-state index contributed by atoms with van der Waals surface area (Å²) < 4.78 is 5.93. The molecule has 1 amide bonds. The third-order valence-electron chi connectivity index (χ3n) is 3.12. The molecule has 1 aliphatic heterocycles. The van der Waals surface area contributed by atoms with Gasteiger partial charge in [0.1, 0.15) is 10.2 Å². The second-order valence-electron chi connectivity index (χ2n) is 6.24. The van der Waals surface area contributed by atoms with Crippen LogP contribution in [0.4, 0.5) is 10.6 Å². The van der Waals surface area contributed by atoms with E-state index in [0.717, 1.165) is 19.4 Å². The van der Waals surface area contributed by atoms with E-state index in [2.05, 4.69) is 31.2 Å². The van der Waals surface area contributed by atoms with E-state index in [1.807, 2.05) is 25.7 Å². The van der Waals surface area contributed by atoms with Gasteiger partial charge in [0.2, 0.25) is 0 Å². The molecule has 1 saturated heterocycles. The van der Waals surface area contributed by atoms with Crippen molar-refractivity contribution in [2.75, 3.05) is 18.0 Å². The second kappa shape index (κ2) is 7.00. The Morgan fingerprint density at radius 1 is 1.55 bits per heavy atom. The van der Waals surface area contributed by atoms with Gasteiger partial charge in [-0.05, 0) is 49.5 Å². The van der Waals surface area contributed by atoms with Crippen LogP contribution in [0.1, 0.15) is 33.6 Å². The van der Waals surface area contributed by atoms with Gasteiger partial charge >= 0.3 is 6.09 Å². The maximum Gasteiger partial charge on any atom is 0.407 e. The summed E-state index contributed by atoms with van der Waals surface area (Å²) in [6.45, 7) is 6.99. The van der Waals surface area contributed by atoms with Crippen LogP contribution in [-0.4, -0.2) is 40.8 Å². The van der Waals surface area contributed by atoms with Gasteiger partial charge in [0, 0.05) is 19.1 Å². The van der Waals surface area contributed by atoms with Crippen molar-refractivity contribution >= 4 is 39.4 Å². The molecule has 0 unspecified atom stereocenters. The number of nitrogens with zero attached hydrogens (tertiary/aromatic N) is 3. The highest BCUT2D eigenvalue weighted by molar-refractivity contribution is 9.10. The maximum atomic E-state index is 11.9. The number of aromatic nitrogens is 2. The summed E-state index contributed by atoms with van der Waals surface area (Å²) in [5.41, 5.74) is -0.502. The van der Waals surface area contributed by atoms with Gasteiger partial charge < -0.3 is 15.0 Å². The average Bonchev–Trinajstić information content (AvgIpc) is 2.39. The topological polar surface area (TPSA) is 67.3 Å². The van der Waals surface area contributed by atoms with Crippen molar-refractivity contribution in [3.05, 3.63) is 16.0 Å². The van der Waals surface area contributed by atoms with Gasteiger partial charge in [0.05, 0.1) is 6.20 Å². The fraction of sp³-hybridized carbons (Fsp3) is 0.643. The molecule has 1 aromatic rings. The summed E-state index contributed by atoms with van der Waals surface area (Å²) in [6.07, 6.45) is 3.00. The van der Waals surface area contributed by atoms with Gasteiger partial charge in [-0.3, -0.25) is 0 Å². The number of hydrogen-bond donors (Lipinski definition) is 1. The van der Waals surface area contributed by atoms with Crippen LogP contribution < -0.4 is 10.2 Å². The van der Waals surface area contributed by atoms with Crippen LogP contribution in [0.5, 0.6) is 0 Å². The fourth-order valence-corrected chi connectivity index (χ4v) is 2.79. The first-order chi connectivity index (χ1) is 10.2. The average molecular weight is 392 g/mol. The van der Waals surface area contributed by atoms with E-state index in [9.17, 15) is 4.79 Å². The molecule has 122 valence electrons. The SMILES string of the molecule is CC(C)(C)OC(=O)N[C@H]1CCCN(c2nc(Br)cnc2Cl)C1. The monoisotopic (exact) mass is 390 g/mol. The molecule has 1 aliphatic rings. The summed E-state index contributed by atoms with van der Waals surface area (Å²) in [5.74, 6) is 0.631. The Labute approximate surface area is 143 Å². The highest BCUT2D eigenvalue weighted by Crippen LogP contribution is 2.26. The quantitative estimate of drug-likeness (QED) is 0.837. The van der Waals surface area contributed by atoms with Crippen molar-refractivity contribution in [2.24, 2.45) is 0 Å². The molecule has 1 aromatic heterocycles. The number of carbonyl (C=O) groups is 1. The molecule has 0 saturated carbocycles. The summed E-state index contributed by atoms with van der Waals surface area (Å²) in [7, 11) is 0. The number of ether oxygens (including phenoxy) is 1. The van der Waals surface area contributed by atoms with Gasteiger partial charge in [0.25, 0.3) is 0 Å². The minimum atomic E-state index is -0.502.